The van der Waals surface area contributed by atoms with Crippen LogP contribution in [0, 0.1) is 18.3 Å². The van der Waals surface area contributed by atoms with E-state index in [0.29, 0.717) is 12.8 Å². The number of benzene rings is 1. The van der Waals surface area contributed by atoms with Crippen LogP contribution in [0.5, 0.6) is 0 Å². The van der Waals surface area contributed by atoms with E-state index in [4.69, 9.17) is 0 Å². The van der Waals surface area contributed by atoms with Crippen molar-refractivity contribution in [3.8, 4) is 0 Å². The summed E-state index contributed by atoms with van der Waals surface area (Å²) in [6, 6.07) is 8.14. The Morgan fingerprint density at radius 2 is 1.91 bits per heavy atom. The number of hydrogen-bond donors (Lipinski definition) is 2. The molecule has 120 valence electrons. The van der Waals surface area contributed by atoms with Gasteiger partial charge in [-0.1, -0.05) is 38.1 Å². The molecule has 2 N–H and O–H groups in total. The fraction of sp³-hybridized carbons (Fsp3) is 0.556. The fourth-order valence-corrected chi connectivity index (χ4v) is 3.10. The van der Waals surface area contributed by atoms with E-state index in [-0.39, 0.29) is 24.3 Å². The summed E-state index contributed by atoms with van der Waals surface area (Å²) in [6.45, 7) is 5.99. The number of aryl methyl sites for hydroxylation is 1. The Kier molecular flexibility index (Phi) is 4.89. The maximum absolute atomic E-state index is 12.3. The summed E-state index contributed by atoms with van der Waals surface area (Å²) in [6.07, 6.45) is 1.89. The molecule has 4 nitrogen and oxygen atoms in total. The Morgan fingerprint density at radius 3 is 2.45 bits per heavy atom. The molecule has 2 atom stereocenters. The lowest BCUT2D eigenvalue weighted by Gasteiger charge is -2.26. The summed E-state index contributed by atoms with van der Waals surface area (Å²) in [5.41, 5.74) is 1.60. The Morgan fingerprint density at radius 1 is 1.27 bits per heavy atom. The van der Waals surface area contributed by atoms with Crippen LogP contribution in [0.15, 0.2) is 24.3 Å². The minimum absolute atomic E-state index is 0.0127. The van der Waals surface area contributed by atoms with E-state index in [9.17, 15) is 14.7 Å². The quantitative estimate of drug-likeness (QED) is 0.813. The molecular weight excluding hydrogens is 278 g/mol. The van der Waals surface area contributed by atoms with Gasteiger partial charge in [0.05, 0.1) is 5.41 Å². The highest BCUT2D eigenvalue weighted by atomic mass is 16.4. The molecule has 0 spiro atoms. The number of rotatable bonds is 7. The molecule has 0 aliphatic heterocycles. The molecule has 1 aromatic carbocycles. The monoisotopic (exact) mass is 303 g/mol. The largest absolute Gasteiger partial charge is 0.481 e. The Labute approximate surface area is 131 Å². The number of nitrogens with one attached hydrogen (secondary N) is 1. The topological polar surface area (TPSA) is 66.4 Å². The number of carbonyl (C=O) groups is 2. The maximum atomic E-state index is 12.3. The second kappa shape index (κ2) is 6.51. The maximum Gasteiger partial charge on any atom is 0.311 e. The number of amides is 1. The van der Waals surface area contributed by atoms with Gasteiger partial charge in [-0.2, -0.15) is 0 Å². The number of carbonyl (C=O) groups excluding carboxylic acids is 1. The van der Waals surface area contributed by atoms with Crippen molar-refractivity contribution in [3.05, 3.63) is 35.4 Å². The summed E-state index contributed by atoms with van der Waals surface area (Å²) in [5, 5.41) is 12.3. The van der Waals surface area contributed by atoms with Gasteiger partial charge in [0.1, 0.15) is 0 Å². The molecule has 0 heterocycles. The van der Waals surface area contributed by atoms with Crippen molar-refractivity contribution in [2.75, 3.05) is 6.54 Å². The van der Waals surface area contributed by atoms with Crippen molar-refractivity contribution in [1.29, 1.82) is 0 Å². The molecule has 1 aliphatic carbocycles. The van der Waals surface area contributed by atoms with Gasteiger partial charge in [0, 0.05) is 12.5 Å². The molecule has 4 heteroatoms. The molecule has 1 fully saturated rings. The number of aliphatic carboxylic acids is 1. The molecule has 1 amide bonds. The zero-order valence-electron chi connectivity index (χ0n) is 13.6. The Hall–Kier alpha value is -1.84. The lowest BCUT2D eigenvalue weighted by atomic mass is 9.82. The van der Waals surface area contributed by atoms with Crippen LogP contribution in [-0.2, 0) is 9.59 Å². The lowest BCUT2D eigenvalue weighted by Crippen LogP contribution is -2.43. The first-order valence-electron chi connectivity index (χ1n) is 8.01. The van der Waals surface area contributed by atoms with Crippen molar-refractivity contribution < 1.29 is 14.7 Å². The zero-order chi connectivity index (χ0) is 16.3. The molecule has 22 heavy (non-hydrogen) atoms. The van der Waals surface area contributed by atoms with Gasteiger partial charge < -0.3 is 10.4 Å². The number of hydrogen-bond acceptors (Lipinski definition) is 2. The van der Waals surface area contributed by atoms with E-state index >= 15 is 0 Å². The highest BCUT2D eigenvalue weighted by Crippen LogP contribution is 2.48. The van der Waals surface area contributed by atoms with E-state index in [1.807, 2.05) is 26.0 Å². The summed E-state index contributed by atoms with van der Waals surface area (Å²) in [4.78, 5) is 23.8. The standard InChI is InChI=1S/C18H25NO3/c1-4-18(5-2,17(21)22)11-19-16(20)15-10-14(15)13-9-7-6-8-12(13)3/h6-9,14-15H,4-5,10-11H2,1-3H3,(H,19,20)(H,21,22). The van der Waals surface area contributed by atoms with Crippen LogP contribution in [0.3, 0.4) is 0 Å². The molecule has 0 saturated heterocycles. The average Bonchev–Trinajstić information content (AvgIpc) is 3.29. The van der Waals surface area contributed by atoms with Gasteiger partial charge in [0.25, 0.3) is 0 Å². The summed E-state index contributed by atoms with van der Waals surface area (Å²) >= 11 is 0. The Balaban J connectivity index is 1.95. The first kappa shape index (κ1) is 16.5. The summed E-state index contributed by atoms with van der Waals surface area (Å²) in [7, 11) is 0. The highest BCUT2D eigenvalue weighted by molar-refractivity contribution is 5.84. The van der Waals surface area contributed by atoms with Crippen LogP contribution in [0.25, 0.3) is 0 Å². The van der Waals surface area contributed by atoms with Crippen LogP contribution in [0.2, 0.25) is 0 Å². The summed E-state index contributed by atoms with van der Waals surface area (Å²) < 4.78 is 0. The van der Waals surface area contributed by atoms with Crippen molar-refractivity contribution in [2.24, 2.45) is 11.3 Å². The van der Waals surface area contributed by atoms with E-state index in [2.05, 4.69) is 24.4 Å². The predicted octanol–water partition coefficient (Wildman–Crippen LogP) is 3.11. The first-order valence-corrected chi connectivity index (χ1v) is 8.01. The molecule has 1 aliphatic rings. The van der Waals surface area contributed by atoms with Crippen LogP contribution >= 0.6 is 0 Å². The van der Waals surface area contributed by atoms with E-state index in [1.54, 1.807) is 0 Å². The van der Waals surface area contributed by atoms with Crippen molar-refractivity contribution in [1.82, 2.24) is 5.32 Å². The fourth-order valence-electron chi connectivity index (χ4n) is 3.10. The van der Waals surface area contributed by atoms with Crippen molar-refractivity contribution >= 4 is 11.9 Å². The SMILES string of the molecule is CCC(CC)(CNC(=O)C1CC1c1ccccc1C)C(=O)O. The van der Waals surface area contributed by atoms with Gasteiger partial charge in [-0.05, 0) is 43.2 Å². The third-order valence-corrected chi connectivity index (χ3v) is 5.12. The minimum Gasteiger partial charge on any atom is -0.481 e. The summed E-state index contributed by atoms with van der Waals surface area (Å²) in [5.74, 6) is -0.574. The number of carboxylic acids is 1. The Bertz CT molecular complexity index is 563. The van der Waals surface area contributed by atoms with Gasteiger partial charge in [-0.15, -0.1) is 0 Å². The second-order valence-electron chi connectivity index (χ2n) is 6.32. The van der Waals surface area contributed by atoms with E-state index in [0.717, 1.165) is 6.42 Å². The first-order chi connectivity index (χ1) is 10.4. The molecule has 0 aromatic heterocycles. The third-order valence-electron chi connectivity index (χ3n) is 5.12. The number of carboxylic acid groups (broad SMARTS) is 1. The lowest BCUT2D eigenvalue weighted by molar-refractivity contribution is -0.149. The molecule has 0 bridgehead atoms. The zero-order valence-corrected chi connectivity index (χ0v) is 13.6. The van der Waals surface area contributed by atoms with Crippen LogP contribution < -0.4 is 5.32 Å². The molecular formula is C18H25NO3. The minimum atomic E-state index is -0.845. The van der Waals surface area contributed by atoms with Crippen LogP contribution in [0.4, 0.5) is 0 Å². The van der Waals surface area contributed by atoms with Crippen LogP contribution in [0.1, 0.15) is 50.2 Å². The van der Waals surface area contributed by atoms with Crippen molar-refractivity contribution in [2.45, 2.75) is 46.0 Å². The molecule has 1 saturated carbocycles. The molecule has 1 aromatic rings. The van der Waals surface area contributed by atoms with Gasteiger partial charge >= 0.3 is 5.97 Å². The van der Waals surface area contributed by atoms with Crippen LogP contribution in [-0.4, -0.2) is 23.5 Å². The van der Waals surface area contributed by atoms with E-state index in [1.165, 1.54) is 11.1 Å². The van der Waals surface area contributed by atoms with Crippen molar-refractivity contribution in [3.63, 3.8) is 0 Å². The predicted molar refractivity (Wildman–Crippen MR) is 85.7 cm³/mol. The second-order valence-corrected chi connectivity index (χ2v) is 6.32. The third kappa shape index (κ3) is 3.16. The average molecular weight is 303 g/mol. The molecule has 2 rings (SSSR count). The highest BCUT2D eigenvalue weighted by Gasteiger charge is 2.45. The molecule has 0 radical (unpaired) electrons. The van der Waals surface area contributed by atoms with E-state index < -0.39 is 11.4 Å². The van der Waals surface area contributed by atoms with Gasteiger partial charge in [0.15, 0.2) is 0 Å². The van der Waals surface area contributed by atoms with Gasteiger partial charge in [-0.25, -0.2) is 0 Å². The van der Waals surface area contributed by atoms with Gasteiger partial charge in [0.2, 0.25) is 5.91 Å². The smallest absolute Gasteiger partial charge is 0.311 e. The van der Waals surface area contributed by atoms with Gasteiger partial charge in [-0.3, -0.25) is 9.59 Å². The normalized spacial score (nSPS) is 20.5. The molecule has 2 unspecified atom stereocenters.